The van der Waals surface area contributed by atoms with Crippen molar-refractivity contribution in [3.63, 3.8) is 0 Å². The Hall–Kier alpha value is -1.51. The molecule has 1 unspecified atom stereocenters. The Labute approximate surface area is 104 Å². The topological polar surface area (TPSA) is 53.1 Å². The van der Waals surface area contributed by atoms with Gasteiger partial charge in [-0.25, -0.2) is 0 Å². The maximum Gasteiger partial charge on any atom is 0.123 e. The number of nitrogens with one attached hydrogen (secondary N) is 1. The summed E-state index contributed by atoms with van der Waals surface area (Å²) in [5.74, 6) is 0.737. The predicted molar refractivity (Wildman–Crippen MR) is 74.9 cm³/mol. The largest absolute Gasteiger partial charge is 0.384 e. The number of amidine groups is 1. The fourth-order valence-electron chi connectivity index (χ4n) is 1.85. The fourth-order valence-corrected chi connectivity index (χ4v) is 1.85. The number of nitrogens with two attached hydrogens (primary N) is 1. The Morgan fingerprint density at radius 2 is 1.88 bits per heavy atom. The first-order valence-electron chi connectivity index (χ1n) is 6.02. The van der Waals surface area contributed by atoms with Crippen LogP contribution in [0, 0.1) is 18.3 Å². The molecular formula is C14H23N3. The molecule has 0 heterocycles. The third-order valence-electron chi connectivity index (χ3n) is 3.48. The summed E-state index contributed by atoms with van der Waals surface area (Å²) in [6.07, 6.45) is 0. The van der Waals surface area contributed by atoms with Gasteiger partial charge in [-0.2, -0.15) is 0 Å². The van der Waals surface area contributed by atoms with Gasteiger partial charge in [0, 0.05) is 24.3 Å². The quantitative estimate of drug-likeness (QED) is 0.620. The zero-order valence-electron chi connectivity index (χ0n) is 11.4. The summed E-state index contributed by atoms with van der Waals surface area (Å²) < 4.78 is 0. The zero-order chi connectivity index (χ0) is 13.2. The summed E-state index contributed by atoms with van der Waals surface area (Å²) >= 11 is 0. The van der Waals surface area contributed by atoms with Crippen LogP contribution in [0.15, 0.2) is 18.2 Å². The normalized spacial score (nSPS) is 12.6. The molecule has 3 heteroatoms. The first-order valence-corrected chi connectivity index (χ1v) is 6.02. The SMILES string of the molecule is Cc1cc(N(C)C(C)C(C)C)ccc1C(=N)N. The van der Waals surface area contributed by atoms with Gasteiger partial charge in [0.05, 0.1) is 0 Å². The van der Waals surface area contributed by atoms with E-state index in [0.29, 0.717) is 12.0 Å². The van der Waals surface area contributed by atoms with Crippen LogP contribution in [-0.4, -0.2) is 18.9 Å². The summed E-state index contributed by atoms with van der Waals surface area (Å²) in [6.45, 7) is 8.66. The highest BCUT2D eigenvalue weighted by molar-refractivity contribution is 5.96. The molecule has 0 aliphatic carbocycles. The van der Waals surface area contributed by atoms with Gasteiger partial charge in [-0.05, 0) is 43.5 Å². The van der Waals surface area contributed by atoms with Crippen molar-refractivity contribution in [3.05, 3.63) is 29.3 Å². The van der Waals surface area contributed by atoms with Crippen molar-refractivity contribution in [1.29, 1.82) is 5.41 Å². The lowest BCUT2D eigenvalue weighted by Crippen LogP contribution is -2.33. The van der Waals surface area contributed by atoms with Crippen molar-refractivity contribution in [2.75, 3.05) is 11.9 Å². The minimum atomic E-state index is 0.133. The molecular weight excluding hydrogens is 210 g/mol. The summed E-state index contributed by atoms with van der Waals surface area (Å²) in [5.41, 5.74) is 8.57. The van der Waals surface area contributed by atoms with Crippen molar-refractivity contribution < 1.29 is 0 Å². The number of nitrogen functional groups attached to an aromatic ring is 1. The van der Waals surface area contributed by atoms with E-state index < -0.39 is 0 Å². The maximum atomic E-state index is 7.47. The molecule has 0 aliphatic heterocycles. The van der Waals surface area contributed by atoms with Gasteiger partial charge in [0.25, 0.3) is 0 Å². The van der Waals surface area contributed by atoms with Crippen LogP contribution in [-0.2, 0) is 0 Å². The van der Waals surface area contributed by atoms with Gasteiger partial charge in [0.2, 0.25) is 0 Å². The number of rotatable bonds is 4. The lowest BCUT2D eigenvalue weighted by Gasteiger charge is -2.30. The molecule has 0 saturated heterocycles. The second kappa shape index (κ2) is 5.21. The summed E-state index contributed by atoms with van der Waals surface area (Å²) in [6, 6.07) is 6.53. The van der Waals surface area contributed by atoms with Gasteiger partial charge in [-0.3, -0.25) is 5.41 Å². The average Bonchev–Trinajstić information content (AvgIpc) is 2.26. The molecule has 17 heavy (non-hydrogen) atoms. The van der Waals surface area contributed by atoms with E-state index in [1.807, 2.05) is 19.1 Å². The van der Waals surface area contributed by atoms with Gasteiger partial charge in [0.15, 0.2) is 0 Å². The molecule has 1 aromatic carbocycles. The second-order valence-corrected chi connectivity index (χ2v) is 5.01. The predicted octanol–water partition coefficient (Wildman–Crippen LogP) is 2.76. The molecule has 0 amide bonds. The summed E-state index contributed by atoms with van der Waals surface area (Å²) in [7, 11) is 2.10. The number of nitrogens with zero attached hydrogens (tertiary/aromatic N) is 1. The Balaban J connectivity index is 3.01. The molecule has 1 aromatic rings. The minimum absolute atomic E-state index is 0.133. The first kappa shape index (κ1) is 13.6. The zero-order valence-corrected chi connectivity index (χ0v) is 11.4. The van der Waals surface area contributed by atoms with Crippen LogP contribution < -0.4 is 10.6 Å². The molecule has 0 radical (unpaired) electrons. The van der Waals surface area contributed by atoms with Crippen LogP contribution in [0.3, 0.4) is 0 Å². The highest BCUT2D eigenvalue weighted by Crippen LogP contribution is 2.22. The smallest absolute Gasteiger partial charge is 0.123 e. The maximum absolute atomic E-state index is 7.47. The first-order chi connectivity index (χ1) is 7.84. The highest BCUT2D eigenvalue weighted by Gasteiger charge is 2.14. The third-order valence-corrected chi connectivity index (χ3v) is 3.48. The molecule has 0 spiro atoms. The fraction of sp³-hybridized carbons (Fsp3) is 0.500. The molecule has 3 N–H and O–H groups in total. The van der Waals surface area contributed by atoms with E-state index in [1.54, 1.807) is 0 Å². The van der Waals surface area contributed by atoms with Gasteiger partial charge >= 0.3 is 0 Å². The van der Waals surface area contributed by atoms with Crippen LogP contribution >= 0.6 is 0 Å². The van der Waals surface area contributed by atoms with Crippen LogP contribution in [0.4, 0.5) is 5.69 Å². The van der Waals surface area contributed by atoms with Crippen LogP contribution in [0.1, 0.15) is 31.9 Å². The number of benzene rings is 1. The van der Waals surface area contributed by atoms with Crippen molar-refractivity contribution in [2.45, 2.75) is 33.7 Å². The molecule has 0 aromatic heterocycles. The average molecular weight is 233 g/mol. The number of hydrogen-bond donors (Lipinski definition) is 2. The van der Waals surface area contributed by atoms with E-state index in [4.69, 9.17) is 11.1 Å². The van der Waals surface area contributed by atoms with Crippen molar-refractivity contribution in [1.82, 2.24) is 0 Å². The Bertz CT molecular complexity index is 410. The lowest BCUT2D eigenvalue weighted by atomic mass is 10.0. The van der Waals surface area contributed by atoms with Crippen molar-refractivity contribution in [3.8, 4) is 0 Å². The molecule has 0 bridgehead atoms. The second-order valence-electron chi connectivity index (χ2n) is 5.01. The van der Waals surface area contributed by atoms with Crippen molar-refractivity contribution >= 4 is 11.5 Å². The van der Waals surface area contributed by atoms with Gasteiger partial charge < -0.3 is 10.6 Å². The minimum Gasteiger partial charge on any atom is -0.384 e. The van der Waals surface area contributed by atoms with E-state index in [2.05, 4.69) is 38.8 Å². The monoisotopic (exact) mass is 233 g/mol. The molecule has 0 aliphatic rings. The lowest BCUT2D eigenvalue weighted by molar-refractivity contribution is 0.505. The molecule has 3 nitrogen and oxygen atoms in total. The summed E-state index contributed by atoms with van der Waals surface area (Å²) in [4.78, 5) is 2.27. The van der Waals surface area contributed by atoms with Crippen LogP contribution in [0.5, 0.6) is 0 Å². The molecule has 1 rings (SSSR count). The van der Waals surface area contributed by atoms with E-state index >= 15 is 0 Å². The standard InChI is InChI=1S/C14H23N3/c1-9(2)11(4)17(5)12-6-7-13(14(15)16)10(3)8-12/h6-9,11H,1-5H3,(H3,15,16). The van der Waals surface area contributed by atoms with E-state index in [9.17, 15) is 0 Å². The van der Waals surface area contributed by atoms with Crippen molar-refractivity contribution in [2.24, 2.45) is 11.7 Å². The number of aryl methyl sites for hydroxylation is 1. The summed E-state index contributed by atoms with van der Waals surface area (Å²) in [5, 5.41) is 7.47. The molecule has 94 valence electrons. The Morgan fingerprint density at radius 3 is 2.29 bits per heavy atom. The van der Waals surface area contributed by atoms with Gasteiger partial charge in [-0.15, -0.1) is 0 Å². The van der Waals surface area contributed by atoms with E-state index in [1.165, 1.54) is 5.69 Å². The van der Waals surface area contributed by atoms with E-state index in [0.717, 1.165) is 11.1 Å². The molecule has 0 saturated carbocycles. The van der Waals surface area contributed by atoms with Gasteiger partial charge in [0.1, 0.15) is 5.84 Å². The molecule has 0 fully saturated rings. The van der Waals surface area contributed by atoms with Crippen LogP contribution in [0.2, 0.25) is 0 Å². The van der Waals surface area contributed by atoms with Crippen LogP contribution in [0.25, 0.3) is 0 Å². The van der Waals surface area contributed by atoms with E-state index in [-0.39, 0.29) is 5.84 Å². The highest BCUT2D eigenvalue weighted by atomic mass is 15.1. The molecule has 1 atom stereocenters. The Kier molecular flexibility index (Phi) is 4.16. The number of anilines is 1. The van der Waals surface area contributed by atoms with Gasteiger partial charge in [-0.1, -0.05) is 13.8 Å². The number of hydrogen-bond acceptors (Lipinski definition) is 2. The third kappa shape index (κ3) is 2.99. The Morgan fingerprint density at radius 1 is 1.29 bits per heavy atom.